The van der Waals surface area contributed by atoms with Gasteiger partial charge in [0.2, 0.25) is 11.8 Å². The maximum Gasteiger partial charge on any atom is 0.227 e. The molecule has 5 nitrogen and oxygen atoms in total. The van der Waals surface area contributed by atoms with Crippen LogP contribution < -0.4 is 4.90 Å². The molecule has 1 aliphatic heterocycles. The van der Waals surface area contributed by atoms with Gasteiger partial charge in [0.05, 0.1) is 0 Å². The van der Waals surface area contributed by atoms with E-state index in [0.717, 1.165) is 12.1 Å². The summed E-state index contributed by atoms with van der Waals surface area (Å²) in [5, 5.41) is 4.52. The summed E-state index contributed by atoms with van der Waals surface area (Å²) in [5.41, 5.74) is 0.926. The minimum atomic E-state index is 0.00907. The highest BCUT2D eigenvalue weighted by Gasteiger charge is 2.34. The van der Waals surface area contributed by atoms with Gasteiger partial charge in [-0.2, -0.15) is 16.7 Å². The maximum atomic E-state index is 12.2. The van der Waals surface area contributed by atoms with Crippen LogP contribution in [0.1, 0.15) is 31.0 Å². The number of anilines is 1. The third-order valence-electron chi connectivity index (χ3n) is 3.91. The average Bonchev–Trinajstić information content (AvgIpc) is 3.14. The third-order valence-corrected chi connectivity index (χ3v) is 4.88. The predicted octanol–water partition coefficient (Wildman–Crippen LogP) is 2.88. The molecule has 1 aliphatic rings. The molecule has 6 heteroatoms. The number of thioether (sulfide) groups is 1. The summed E-state index contributed by atoms with van der Waals surface area (Å²) in [6.45, 7) is 2.74. The molecule has 22 heavy (non-hydrogen) atoms. The molecule has 116 valence electrons. The number of benzene rings is 1. The molecule has 1 amide bonds. The van der Waals surface area contributed by atoms with Crippen LogP contribution in [0.15, 0.2) is 34.9 Å². The van der Waals surface area contributed by atoms with Crippen molar-refractivity contribution in [3.63, 3.8) is 0 Å². The minimum Gasteiger partial charge on any atom is -0.339 e. The van der Waals surface area contributed by atoms with Crippen LogP contribution in [0.25, 0.3) is 0 Å². The van der Waals surface area contributed by atoms with Crippen molar-refractivity contribution in [2.75, 3.05) is 17.7 Å². The highest BCUT2D eigenvalue weighted by Crippen LogP contribution is 2.30. The Hall–Kier alpha value is -1.82. The van der Waals surface area contributed by atoms with E-state index in [1.807, 2.05) is 30.3 Å². The Morgan fingerprint density at radius 1 is 1.41 bits per heavy atom. The van der Waals surface area contributed by atoms with E-state index in [-0.39, 0.29) is 11.8 Å². The van der Waals surface area contributed by atoms with E-state index in [1.54, 1.807) is 16.7 Å². The zero-order valence-electron chi connectivity index (χ0n) is 12.7. The predicted molar refractivity (Wildman–Crippen MR) is 87.1 cm³/mol. The molecule has 1 fully saturated rings. The molecule has 0 radical (unpaired) electrons. The van der Waals surface area contributed by atoms with E-state index < -0.39 is 0 Å². The van der Waals surface area contributed by atoms with E-state index in [4.69, 9.17) is 4.52 Å². The van der Waals surface area contributed by atoms with Gasteiger partial charge in [-0.05, 0) is 18.4 Å². The number of hydrogen-bond acceptors (Lipinski definition) is 5. The van der Waals surface area contributed by atoms with E-state index in [1.165, 1.54) is 0 Å². The standard InChI is InChI=1S/C16H19N3O2S/c1-11(22-2)8-14-17-16(18-21-14)12-9-15(20)19(10-12)13-6-4-3-5-7-13/h3-7,11-12H,8-10H2,1-2H3. The quantitative estimate of drug-likeness (QED) is 0.848. The van der Waals surface area contributed by atoms with Crippen molar-refractivity contribution < 1.29 is 9.32 Å². The van der Waals surface area contributed by atoms with Gasteiger partial charge in [0.25, 0.3) is 0 Å². The van der Waals surface area contributed by atoms with Crippen molar-refractivity contribution in [3.8, 4) is 0 Å². The third kappa shape index (κ3) is 3.16. The Balaban J connectivity index is 1.71. The lowest BCUT2D eigenvalue weighted by atomic mass is 10.1. The minimum absolute atomic E-state index is 0.00907. The highest BCUT2D eigenvalue weighted by atomic mass is 32.2. The lowest BCUT2D eigenvalue weighted by molar-refractivity contribution is -0.117. The number of nitrogens with zero attached hydrogens (tertiary/aromatic N) is 3. The first-order valence-corrected chi connectivity index (χ1v) is 8.67. The Morgan fingerprint density at radius 3 is 2.91 bits per heavy atom. The summed E-state index contributed by atoms with van der Waals surface area (Å²) in [5.74, 6) is 1.42. The summed E-state index contributed by atoms with van der Waals surface area (Å²) in [4.78, 5) is 18.5. The van der Waals surface area contributed by atoms with Crippen LogP contribution in [-0.2, 0) is 11.2 Å². The van der Waals surface area contributed by atoms with Gasteiger partial charge in [-0.3, -0.25) is 4.79 Å². The topological polar surface area (TPSA) is 59.2 Å². The number of carbonyl (C=O) groups is 1. The van der Waals surface area contributed by atoms with Crippen LogP contribution in [-0.4, -0.2) is 34.1 Å². The number of carbonyl (C=O) groups excluding carboxylic acids is 1. The molecule has 1 aromatic heterocycles. The molecule has 1 saturated heterocycles. The van der Waals surface area contributed by atoms with Crippen molar-refractivity contribution >= 4 is 23.4 Å². The summed E-state index contributed by atoms with van der Waals surface area (Å²) >= 11 is 1.77. The van der Waals surface area contributed by atoms with Gasteiger partial charge in [0, 0.05) is 36.2 Å². The van der Waals surface area contributed by atoms with Crippen LogP contribution in [0.3, 0.4) is 0 Å². The zero-order valence-corrected chi connectivity index (χ0v) is 13.5. The molecule has 0 spiro atoms. The Labute approximate surface area is 134 Å². The first kappa shape index (κ1) is 15.1. The molecule has 1 aromatic carbocycles. The molecular weight excluding hydrogens is 298 g/mol. The normalized spacial score (nSPS) is 19.6. The fourth-order valence-electron chi connectivity index (χ4n) is 2.58. The van der Waals surface area contributed by atoms with Crippen LogP contribution in [0.4, 0.5) is 5.69 Å². The Bertz CT molecular complexity index is 644. The van der Waals surface area contributed by atoms with E-state index in [2.05, 4.69) is 23.3 Å². The van der Waals surface area contributed by atoms with Gasteiger partial charge in [-0.25, -0.2) is 0 Å². The van der Waals surface area contributed by atoms with Crippen LogP contribution in [0, 0.1) is 0 Å². The zero-order chi connectivity index (χ0) is 15.5. The summed E-state index contributed by atoms with van der Waals surface area (Å²) in [6, 6.07) is 9.71. The van der Waals surface area contributed by atoms with Crippen LogP contribution in [0.5, 0.6) is 0 Å². The number of hydrogen-bond donors (Lipinski definition) is 0. The van der Waals surface area contributed by atoms with Crippen molar-refractivity contribution in [1.82, 2.24) is 10.1 Å². The molecule has 2 unspecified atom stereocenters. The smallest absolute Gasteiger partial charge is 0.227 e. The van der Waals surface area contributed by atoms with Crippen LogP contribution >= 0.6 is 11.8 Å². The number of para-hydroxylation sites is 1. The molecule has 2 atom stereocenters. The summed E-state index contributed by atoms with van der Waals surface area (Å²) in [6.07, 6.45) is 3.26. The fourth-order valence-corrected chi connectivity index (χ4v) is 2.89. The second-order valence-electron chi connectivity index (χ2n) is 5.54. The SMILES string of the molecule is CSC(C)Cc1nc(C2CC(=O)N(c3ccccc3)C2)no1. The Morgan fingerprint density at radius 2 is 2.18 bits per heavy atom. The second kappa shape index (κ2) is 6.52. The van der Waals surface area contributed by atoms with Crippen molar-refractivity contribution in [2.45, 2.75) is 30.9 Å². The lowest BCUT2D eigenvalue weighted by Crippen LogP contribution is -2.24. The first-order valence-electron chi connectivity index (χ1n) is 7.38. The van der Waals surface area contributed by atoms with Crippen LogP contribution in [0.2, 0.25) is 0 Å². The largest absolute Gasteiger partial charge is 0.339 e. The average molecular weight is 317 g/mol. The first-order chi connectivity index (χ1) is 10.7. The van der Waals surface area contributed by atoms with Crippen molar-refractivity contribution in [3.05, 3.63) is 42.0 Å². The van der Waals surface area contributed by atoms with Crippen molar-refractivity contribution in [2.24, 2.45) is 0 Å². The molecule has 3 rings (SSSR count). The van der Waals surface area contributed by atoms with E-state index in [0.29, 0.717) is 29.9 Å². The van der Waals surface area contributed by atoms with E-state index >= 15 is 0 Å². The lowest BCUT2D eigenvalue weighted by Gasteiger charge is -2.15. The molecule has 0 N–H and O–H groups in total. The van der Waals surface area contributed by atoms with E-state index in [9.17, 15) is 4.79 Å². The fraction of sp³-hybridized carbons (Fsp3) is 0.438. The van der Waals surface area contributed by atoms with Gasteiger partial charge in [0.1, 0.15) is 0 Å². The molecular formula is C16H19N3O2S. The monoisotopic (exact) mass is 317 g/mol. The van der Waals surface area contributed by atoms with Crippen molar-refractivity contribution in [1.29, 1.82) is 0 Å². The second-order valence-corrected chi connectivity index (χ2v) is 6.81. The van der Waals surface area contributed by atoms with Gasteiger partial charge in [-0.15, -0.1) is 0 Å². The Kier molecular flexibility index (Phi) is 4.47. The molecule has 0 saturated carbocycles. The molecule has 2 aromatic rings. The molecule has 0 bridgehead atoms. The maximum absolute atomic E-state index is 12.2. The van der Waals surface area contributed by atoms with Gasteiger partial charge in [-0.1, -0.05) is 30.3 Å². The molecule has 0 aliphatic carbocycles. The highest BCUT2D eigenvalue weighted by molar-refractivity contribution is 7.99. The number of rotatable bonds is 5. The molecule has 2 heterocycles. The number of aromatic nitrogens is 2. The summed E-state index contributed by atoms with van der Waals surface area (Å²) in [7, 11) is 0. The number of amides is 1. The van der Waals surface area contributed by atoms with Gasteiger partial charge in [0.15, 0.2) is 5.82 Å². The van der Waals surface area contributed by atoms with Gasteiger partial charge < -0.3 is 9.42 Å². The van der Waals surface area contributed by atoms with Gasteiger partial charge >= 0.3 is 0 Å². The summed E-state index contributed by atoms with van der Waals surface area (Å²) < 4.78 is 5.32.